The number of hydrogen-bond donors (Lipinski definition) is 1. The standard InChI is InChI=1S/C27H24F2N6/c1-17-16-31-25-22(32-17)9-5-10-23(25)33-18(2)35-14-6-13-30-24-12-11-21(34-26(24)35)19-7-4-8-20(15-19)27(3,28)29/h4-5,7-13,15-16,33H,2,6,14H2,1,3H3. The van der Waals surface area contributed by atoms with Crippen molar-refractivity contribution >= 4 is 34.4 Å². The summed E-state index contributed by atoms with van der Waals surface area (Å²) >= 11 is 0. The minimum absolute atomic E-state index is 0.0556. The molecule has 176 valence electrons. The molecular formula is C27H24F2N6. The van der Waals surface area contributed by atoms with Crippen molar-refractivity contribution in [2.45, 2.75) is 26.2 Å². The Morgan fingerprint density at radius 3 is 2.74 bits per heavy atom. The first-order valence-electron chi connectivity index (χ1n) is 11.3. The molecule has 0 fully saturated rings. The van der Waals surface area contributed by atoms with E-state index in [2.05, 4.69) is 26.9 Å². The molecule has 2 aromatic carbocycles. The van der Waals surface area contributed by atoms with Gasteiger partial charge in [-0.15, -0.1) is 0 Å². The highest BCUT2D eigenvalue weighted by Gasteiger charge is 2.25. The number of fused-ring (bicyclic) bond motifs is 2. The van der Waals surface area contributed by atoms with E-state index >= 15 is 0 Å². The van der Waals surface area contributed by atoms with Gasteiger partial charge in [-0.3, -0.25) is 9.98 Å². The maximum atomic E-state index is 13.9. The van der Waals surface area contributed by atoms with Gasteiger partial charge in [0.1, 0.15) is 17.0 Å². The van der Waals surface area contributed by atoms with Gasteiger partial charge in [-0.25, -0.2) is 18.7 Å². The fourth-order valence-corrected chi connectivity index (χ4v) is 4.03. The lowest BCUT2D eigenvalue weighted by atomic mass is 10.0. The molecule has 5 rings (SSSR count). The Morgan fingerprint density at radius 1 is 1.09 bits per heavy atom. The number of alkyl halides is 2. The largest absolute Gasteiger partial charge is 0.340 e. The molecule has 0 radical (unpaired) electrons. The molecule has 6 nitrogen and oxygen atoms in total. The van der Waals surface area contributed by atoms with E-state index in [4.69, 9.17) is 4.98 Å². The Kier molecular flexibility index (Phi) is 5.72. The number of aliphatic imine (C=N–C) groups is 1. The van der Waals surface area contributed by atoms with Crippen molar-refractivity contribution in [2.75, 3.05) is 16.8 Å². The molecule has 0 amide bonds. The number of aryl methyl sites for hydroxylation is 1. The molecule has 0 unspecified atom stereocenters. The van der Waals surface area contributed by atoms with Crippen molar-refractivity contribution in [1.82, 2.24) is 15.0 Å². The maximum Gasteiger partial charge on any atom is 0.270 e. The van der Waals surface area contributed by atoms with Crippen LogP contribution in [-0.4, -0.2) is 27.7 Å². The quantitative estimate of drug-likeness (QED) is 0.356. The normalized spacial score (nSPS) is 13.4. The highest BCUT2D eigenvalue weighted by atomic mass is 19.3. The number of benzene rings is 2. The van der Waals surface area contributed by atoms with Gasteiger partial charge in [0.25, 0.3) is 5.92 Å². The Hall–Kier alpha value is -4.20. The topological polar surface area (TPSA) is 66.3 Å². The van der Waals surface area contributed by atoms with Gasteiger partial charge in [-0.05, 0) is 37.3 Å². The second-order valence-electron chi connectivity index (χ2n) is 8.52. The lowest BCUT2D eigenvalue weighted by Gasteiger charge is -2.26. The third-order valence-electron chi connectivity index (χ3n) is 5.78. The van der Waals surface area contributed by atoms with E-state index in [0.717, 1.165) is 29.3 Å². The zero-order chi connectivity index (χ0) is 24.6. The molecule has 2 aromatic heterocycles. The number of aromatic nitrogens is 3. The Labute approximate surface area is 202 Å². The average Bonchev–Trinajstić information content (AvgIpc) is 3.05. The lowest BCUT2D eigenvalue weighted by molar-refractivity contribution is 0.0175. The molecule has 1 aliphatic rings. The molecule has 0 saturated heterocycles. The van der Waals surface area contributed by atoms with Crippen LogP contribution in [-0.2, 0) is 5.92 Å². The summed E-state index contributed by atoms with van der Waals surface area (Å²) in [6, 6.07) is 15.7. The summed E-state index contributed by atoms with van der Waals surface area (Å²) < 4.78 is 27.8. The van der Waals surface area contributed by atoms with Crippen LogP contribution in [0.25, 0.3) is 22.3 Å². The molecule has 35 heavy (non-hydrogen) atoms. The first kappa shape index (κ1) is 22.6. The smallest absolute Gasteiger partial charge is 0.270 e. The van der Waals surface area contributed by atoms with Gasteiger partial charge >= 0.3 is 0 Å². The van der Waals surface area contributed by atoms with Crippen LogP contribution in [0.15, 0.2) is 78.2 Å². The molecule has 3 heterocycles. The van der Waals surface area contributed by atoms with Crippen LogP contribution in [0.3, 0.4) is 0 Å². The van der Waals surface area contributed by atoms with E-state index in [-0.39, 0.29) is 5.56 Å². The van der Waals surface area contributed by atoms with Crippen LogP contribution in [0.5, 0.6) is 0 Å². The van der Waals surface area contributed by atoms with Crippen molar-refractivity contribution in [2.24, 2.45) is 4.99 Å². The van der Waals surface area contributed by atoms with Crippen LogP contribution in [0.1, 0.15) is 24.6 Å². The van der Waals surface area contributed by atoms with Crippen molar-refractivity contribution in [1.29, 1.82) is 0 Å². The van der Waals surface area contributed by atoms with Crippen molar-refractivity contribution < 1.29 is 8.78 Å². The summed E-state index contributed by atoms with van der Waals surface area (Å²) in [7, 11) is 0. The fraction of sp³-hybridized carbons (Fsp3) is 0.185. The lowest BCUT2D eigenvalue weighted by Crippen LogP contribution is -2.28. The number of para-hydroxylation sites is 1. The van der Waals surface area contributed by atoms with E-state index in [9.17, 15) is 8.78 Å². The van der Waals surface area contributed by atoms with Crippen molar-refractivity contribution in [3.63, 3.8) is 0 Å². The van der Waals surface area contributed by atoms with Crippen LogP contribution < -0.4 is 10.2 Å². The zero-order valence-electron chi connectivity index (χ0n) is 19.5. The molecule has 0 aliphatic carbocycles. The minimum Gasteiger partial charge on any atom is -0.340 e. The van der Waals surface area contributed by atoms with E-state index in [1.165, 1.54) is 12.1 Å². The van der Waals surface area contributed by atoms with Gasteiger partial charge in [0.15, 0.2) is 5.82 Å². The second-order valence-corrected chi connectivity index (χ2v) is 8.52. The summed E-state index contributed by atoms with van der Waals surface area (Å²) in [5, 5.41) is 3.37. The Balaban J connectivity index is 1.51. The summed E-state index contributed by atoms with van der Waals surface area (Å²) in [6.45, 7) is 7.65. The number of anilines is 2. The van der Waals surface area contributed by atoms with Crippen molar-refractivity contribution in [3.05, 3.63) is 84.5 Å². The monoisotopic (exact) mass is 470 g/mol. The number of halogens is 2. The molecular weight excluding hydrogens is 446 g/mol. The molecule has 4 aromatic rings. The summed E-state index contributed by atoms with van der Waals surface area (Å²) in [6.07, 6.45) is 4.27. The van der Waals surface area contributed by atoms with E-state index in [1.807, 2.05) is 42.3 Å². The molecule has 0 saturated carbocycles. The highest BCUT2D eigenvalue weighted by molar-refractivity contribution is 5.89. The van der Waals surface area contributed by atoms with Crippen LogP contribution >= 0.6 is 0 Å². The first-order chi connectivity index (χ1) is 16.8. The summed E-state index contributed by atoms with van der Waals surface area (Å²) in [4.78, 5) is 20.4. The second kappa shape index (κ2) is 8.87. The van der Waals surface area contributed by atoms with Crippen LogP contribution in [0.2, 0.25) is 0 Å². The first-order valence-corrected chi connectivity index (χ1v) is 11.3. The van der Waals surface area contributed by atoms with Crippen LogP contribution in [0, 0.1) is 6.92 Å². The number of nitrogens with zero attached hydrogens (tertiary/aromatic N) is 5. The van der Waals surface area contributed by atoms with Gasteiger partial charge in [-0.2, -0.15) is 0 Å². The van der Waals surface area contributed by atoms with Gasteiger partial charge in [-0.1, -0.05) is 30.8 Å². The highest BCUT2D eigenvalue weighted by Crippen LogP contribution is 2.35. The molecule has 0 atom stereocenters. The third kappa shape index (κ3) is 4.59. The average molecular weight is 471 g/mol. The number of pyridine rings is 1. The van der Waals surface area contributed by atoms with E-state index < -0.39 is 5.92 Å². The van der Waals surface area contributed by atoms with Crippen LogP contribution in [0.4, 0.5) is 26.0 Å². The van der Waals surface area contributed by atoms with E-state index in [1.54, 1.807) is 24.4 Å². The fourth-order valence-electron chi connectivity index (χ4n) is 4.03. The van der Waals surface area contributed by atoms with Gasteiger partial charge in [0, 0.05) is 43.4 Å². The SMILES string of the molecule is C=C(Nc1cccc2nc(C)cnc12)N1CCC=Nc2ccc(-c3cccc(C(C)(F)F)c3)nc21. The molecule has 0 spiro atoms. The number of hydrogen-bond acceptors (Lipinski definition) is 6. The van der Waals surface area contributed by atoms with Gasteiger partial charge < -0.3 is 10.2 Å². The zero-order valence-corrected chi connectivity index (χ0v) is 19.5. The van der Waals surface area contributed by atoms with Gasteiger partial charge in [0.05, 0.1) is 22.6 Å². The minimum atomic E-state index is -2.93. The summed E-state index contributed by atoms with van der Waals surface area (Å²) in [5.74, 6) is -1.73. The predicted octanol–water partition coefficient (Wildman–Crippen LogP) is 6.61. The van der Waals surface area contributed by atoms with Gasteiger partial charge in [0.2, 0.25) is 0 Å². The Morgan fingerprint density at radius 2 is 1.91 bits per heavy atom. The maximum absolute atomic E-state index is 13.9. The third-order valence-corrected chi connectivity index (χ3v) is 5.78. The molecule has 0 bridgehead atoms. The summed E-state index contributed by atoms with van der Waals surface area (Å²) in [5.41, 5.74) is 4.96. The molecule has 1 aliphatic heterocycles. The van der Waals surface area contributed by atoms with Crippen molar-refractivity contribution in [3.8, 4) is 11.3 Å². The Bertz CT molecular complexity index is 1460. The number of nitrogens with one attached hydrogen (secondary N) is 1. The molecule has 8 heteroatoms. The number of rotatable bonds is 5. The van der Waals surface area contributed by atoms with E-state index in [0.29, 0.717) is 41.5 Å². The predicted molar refractivity (Wildman–Crippen MR) is 136 cm³/mol. The molecule has 1 N–H and O–H groups in total.